The number of hydrogen-bond acceptors (Lipinski definition) is 8. The van der Waals surface area contributed by atoms with Crippen molar-refractivity contribution in [3.63, 3.8) is 0 Å². The molecule has 0 N–H and O–H groups in total. The van der Waals surface area contributed by atoms with Crippen molar-refractivity contribution in [3.05, 3.63) is 64.0 Å². The molecule has 0 amide bonds. The van der Waals surface area contributed by atoms with E-state index in [4.69, 9.17) is 23.4 Å². The second-order valence-corrected chi connectivity index (χ2v) is 6.35. The third-order valence-corrected chi connectivity index (χ3v) is 4.35. The minimum atomic E-state index is -0.726. The Hall–Kier alpha value is -3.81. The summed E-state index contributed by atoms with van der Waals surface area (Å²) < 4.78 is 25.8. The first-order valence-electron chi connectivity index (χ1n) is 8.99. The van der Waals surface area contributed by atoms with Gasteiger partial charge in [0.15, 0.2) is 13.2 Å². The van der Waals surface area contributed by atoms with E-state index in [-0.39, 0.29) is 5.56 Å². The summed E-state index contributed by atoms with van der Waals surface area (Å²) in [4.78, 5) is 35.9. The van der Waals surface area contributed by atoms with Crippen LogP contribution in [0.2, 0.25) is 0 Å². The van der Waals surface area contributed by atoms with Crippen LogP contribution in [0, 0.1) is 6.92 Å². The summed E-state index contributed by atoms with van der Waals surface area (Å²) in [7, 11) is 2.91. The van der Waals surface area contributed by atoms with E-state index in [9.17, 15) is 14.4 Å². The quantitative estimate of drug-likeness (QED) is 0.316. The van der Waals surface area contributed by atoms with Crippen LogP contribution in [0.15, 0.2) is 51.7 Å². The molecule has 2 aromatic carbocycles. The average Bonchev–Trinajstić information content (AvgIpc) is 2.75. The Balaban J connectivity index is 1.59. The zero-order chi connectivity index (χ0) is 21.7. The number of carbonyl (C=O) groups excluding carboxylic acids is 2. The Morgan fingerprint density at radius 2 is 1.70 bits per heavy atom. The lowest BCUT2D eigenvalue weighted by molar-refractivity contribution is -0.144. The maximum atomic E-state index is 12.4. The molecule has 0 saturated heterocycles. The summed E-state index contributed by atoms with van der Waals surface area (Å²) in [5, 5.41) is 0.766. The van der Waals surface area contributed by atoms with E-state index >= 15 is 0 Å². The van der Waals surface area contributed by atoms with Crippen molar-refractivity contribution in [1.82, 2.24) is 0 Å². The van der Waals surface area contributed by atoms with Gasteiger partial charge in [0.2, 0.25) is 5.78 Å². The summed E-state index contributed by atoms with van der Waals surface area (Å²) in [6, 6.07) is 11.1. The van der Waals surface area contributed by atoms with Crippen molar-refractivity contribution in [2.75, 3.05) is 27.4 Å². The molecule has 1 aromatic heterocycles. The number of carbonyl (C=O) groups is 2. The smallest absolute Gasteiger partial charge is 0.344 e. The highest BCUT2D eigenvalue weighted by Crippen LogP contribution is 2.25. The number of methoxy groups -OCH3 is 2. The third kappa shape index (κ3) is 4.78. The molecule has 0 saturated carbocycles. The first-order valence-corrected chi connectivity index (χ1v) is 8.99. The second kappa shape index (κ2) is 9.13. The second-order valence-electron chi connectivity index (χ2n) is 6.35. The molecule has 0 radical (unpaired) electrons. The molecule has 0 aliphatic heterocycles. The fourth-order valence-corrected chi connectivity index (χ4v) is 2.83. The molecule has 0 aliphatic carbocycles. The first-order chi connectivity index (χ1) is 14.4. The van der Waals surface area contributed by atoms with Gasteiger partial charge in [-0.15, -0.1) is 0 Å². The maximum absolute atomic E-state index is 12.4. The topological polar surface area (TPSA) is 101 Å². The number of aryl methyl sites for hydroxylation is 1. The molecule has 1 heterocycles. The van der Waals surface area contributed by atoms with Gasteiger partial charge >= 0.3 is 11.6 Å². The molecule has 0 spiro atoms. The Bertz CT molecular complexity index is 1150. The van der Waals surface area contributed by atoms with E-state index in [1.807, 2.05) is 0 Å². The van der Waals surface area contributed by atoms with Crippen molar-refractivity contribution in [1.29, 1.82) is 0 Å². The van der Waals surface area contributed by atoms with Crippen LogP contribution in [-0.2, 0) is 9.53 Å². The van der Waals surface area contributed by atoms with E-state index in [0.717, 1.165) is 10.9 Å². The number of hydrogen-bond donors (Lipinski definition) is 0. The van der Waals surface area contributed by atoms with E-state index in [1.165, 1.54) is 32.4 Å². The van der Waals surface area contributed by atoms with Gasteiger partial charge in [-0.3, -0.25) is 4.79 Å². The summed E-state index contributed by atoms with van der Waals surface area (Å²) in [6.45, 7) is 0.910. The molecule has 8 nitrogen and oxygen atoms in total. The van der Waals surface area contributed by atoms with Gasteiger partial charge in [-0.2, -0.15) is 0 Å². The Morgan fingerprint density at radius 1 is 0.933 bits per heavy atom. The van der Waals surface area contributed by atoms with Gasteiger partial charge in [-0.25, -0.2) is 9.59 Å². The van der Waals surface area contributed by atoms with Crippen LogP contribution < -0.4 is 19.8 Å². The van der Waals surface area contributed by atoms with Crippen LogP contribution in [0.1, 0.15) is 15.9 Å². The lowest BCUT2D eigenvalue weighted by atomic mass is 10.1. The summed E-state index contributed by atoms with van der Waals surface area (Å²) in [5.41, 5.74) is 0.901. The van der Waals surface area contributed by atoms with Crippen LogP contribution in [0.5, 0.6) is 17.2 Å². The van der Waals surface area contributed by atoms with Crippen molar-refractivity contribution in [2.24, 2.45) is 0 Å². The van der Waals surface area contributed by atoms with Crippen LogP contribution in [0.3, 0.4) is 0 Å². The highest BCUT2D eigenvalue weighted by molar-refractivity contribution is 6.00. The zero-order valence-corrected chi connectivity index (χ0v) is 16.7. The Kier molecular flexibility index (Phi) is 6.36. The van der Waals surface area contributed by atoms with Gasteiger partial charge in [0.25, 0.3) is 0 Å². The SMILES string of the molecule is COc1ccc(OC)c(C(=O)COC(=O)COc2ccc3c(C)cc(=O)oc3c2)c1. The molecule has 8 heteroatoms. The lowest BCUT2D eigenvalue weighted by Gasteiger charge is -2.10. The molecule has 0 fully saturated rings. The fourth-order valence-electron chi connectivity index (χ4n) is 2.83. The Labute approximate surface area is 171 Å². The molecule has 156 valence electrons. The van der Waals surface area contributed by atoms with Crippen molar-refractivity contribution >= 4 is 22.7 Å². The van der Waals surface area contributed by atoms with Gasteiger partial charge in [0, 0.05) is 17.5 Å². The molecule has 0 unspecified atom stereocenters. The molecule has 0 aliphatic rings. The first kappa shape index (κ1) is 20.9. The molecule has 0 atom stereocenters. The molecule has 3 aromatic rings. The van der Waals surface area contributed by atoms with Gasteiger partial charge < -0.3 is 23.4 Å². The minimum Gasteiger partial charge on any atom is -0.497 e. The normalized spacial score (nSPS) is 10.5. The highest BCUT2D eigenvalue weighted by atomic mass is 16.6. The van der Waals surface area contributed by atoms with Crippen molar-refractivity contribution in [3.8, 4) is 17.2 Å². The molecule has 3 rings (SSSR count). The van der Waals surface area contributed by atoms with Gasteiger partial charge in [0.1, 0.15) is 22.8 Å². The molecular weight excluding hydrogens is 392 g/mol. The maximum Gasteiger partial charge on any atom is 0.344 e. The number of Topliss-reactive ketones (excluding diaryl/α,β-unsaturated/α-hetero) is 1. The van der Waals surface area contributed by atoms with E-state index < -0.39 is 30.6 Å². The van der Waals surface area contributed by atoms with E-state index in [0.29, 0.717) is 22.8 Å². The third-order valence-electron chi connectivity index (χ3n) is 4.35. The summed E-state index contributed by atoms with van der Waals surface area (Å²) in [5.74, 6) is -0.0138. The van der Waals surface area contributed by atoms with Crippen LogP contribution >= 0.6 is 0 Å². The van der Waals surface area contributed by atoms with Crippen LogP contribution in [-0.4, -0.2) is 39.2 Å². The number of rotatable bonds is 8. The van der Waals surface area contributed by atoms with E-state index in [2.05, 4.69) is 0 Å². The molecular formula is C22H20O8. The highest BCUT2D eigenvalue weighted by Gasteiger charge is 2.16. The van der Waals surface area contributed by atoms with Crippen LogP contribution in [0.25, 0.3) is 11.0 Å². The summed E-state index contributed by atoms with van der Waals surface area (Å²) >= 11 is 0. The lowest BCUT2D eigenvalue weighted by Crippen LogP contribution is -2.20. The van der Waals surface area contributed by atoms with E-state index in [1.54, 1.807) is 31.2 Å². The number of benzene rings is 2. The largest absolute Gasteiger partial charge is 0.497 e. The van der Waals surface area contributed by atoms with Crippen molar-refractivity contribution < 1.29 is 33.0 Å². The van der Waals surface area contributed by atoms with Gasteiger partial charge in [-0.05, 0) is 42.8 Å². The number of esters is 1. The fraction of sp³-hybridized carbons (Fsp3) is 0.227. The van der Waals surface area contributed by atoms with Crippen molar-refractivity contribution in [2.45, 2.75) is 6.92 Å². The number of ketones is 1. The Morgan fingerprint density at radius 3 is 2.43 bits per heavy atom. The predicted octanol–water partition coefficient (Wildman–Crippen LogP) is 2.92. The van der Waals surface area contributed by atoms with Gasteiger partial charge in [-0.1, -0.05) is 0 Å². The predicted molar refractivity (Wildman–Crippen MR) is 108 cm³/mol. The molecule has 30 heavy (non-hydrogen) atoms. The van der Waals surface area contributed by atoms with Crippen LogP contribution in [0.4, 0.5) is 0 Å². The zero-order valence-electron chi connectivity index (χ0n) is 16.7. The number of fused-ring (bicyclic) bond motifs is 1. The average molecular weight is 412 g/mol. The summed E-state index contributed by atoms with van der Waals surface area (Å²) in [6.07, 6.45) is 0. The number of ether oxygens (including phenoxy) is 4. The minimum absolute atomic E-state index is 0.241. The standard InChI is InChI=1S/C22H20O8/c1-13-8-21(24)30-20-10-15(4-6-16(13)20)28-12-22(25)29-11-18(23)17-9-14(26-2)5-7-19(17)27-3/h4-10H,11-12H2,1-3H3. The monoisotopic (exact) mass is 412 g/mol. The molecule has 0 bridgehead atoms. The van der Waals surface area contributed by atoms with Gasteiger partial charge in [0.05, 0.1) is 19.8 Å².